The number of hydrogen-bond acceptors (Lipinski definition) is 2. The van der Waals surface area contributed by atoms with Crippen LogP contribution in [0.25, 0.3) is 0 Å². The maximum Gasteiger partial charge on any atom is 0.129 e. The van der Waals surface area contributed by atoms with Crippen LogP contribution in [0.5, 0.6) is 0 Å². The molecule has 1 aromatic rings. The van der Waals surface area contributed by atoms with E-state index in [1.165, 1.54) is 6.07 Å². The Morgan fingerprint density at radius 2 is 1.95 bits per heavy atom. The minimum Gasteiger partial charge on any atom is -0.314 e. The van der Waals surface area contributed by atoms with Crippen molar-refractivity contribution in [1.82, 2.24) is 10.2 Å². The maximum atomic E-state index is 13.9. The van der Waals surface area contributed by atoms with Crippen molar-refractivity contribution in [2.24, 2.45) is 0 Å². The Kier molecular flexibility index (Phi) is 8.95. The summed E-state index contributed by atoms with van der Waals surface area (Å²) in [5.74, 6) is -0.192. The molecule has 1 fully saturated rings. The lowest BCUT2D eigenvalue weighted by Gasteiger charge is -2.34. The number of benzene rings is 1. The van der Waals surface area contributed by atoms with Crippen LogP contribution in [0.2, 0.25) is 5.02 Å². The van der Waals surface area contributed by atoms with Crippen molar-refractivity contribution in [3.8, 4) is 0 Å². The Balaban J connectivity index is 0.00000162. The first-order chi connectivity index (χ1) is 8.22. The molecule has 0 unspecified atom stereocenters. The summed E-state index contributed by atoms with van der Waals surface area (Å²) < 4.78 is 13.9. The zero-order valence-corrected chi connectivity index (χ0v) is 13.3. The molecule has 0 aliphatic carbocycles. The fourth-order valence-corrected chi connectivity index (χ4v) is 2.60. The van der Waals surface area contributed by atoms with Gasteiger partial charge >= 0.3 is 0 Å². The zero-order valence-electron chi connectivity index (χ0n) is 10.9. The van der Waals surface area contributed by atoms with E-state index in [1.807, 2.05) is 6.07 Å². The molecule has 1 atom stereocenters. The molecule has 0 amide bonds. The van der Waals surface area contributed by atoms with Gasteiger partial charge in [0.25, 0.3) is 0 Å². The summed E-state index contributed by atoms with van der Waals surface area (Å²) in [5.41, 5.74) is 0.763. The molecule has 0 bridgehead atoms. The number of nitrogens with zero attached hydrogens (tertiary/aromatic N) is 1. The van der Waals surface area contributed by atoms with Gasteiger partial charge in [0, 0.05) is 42.8 Å². The molecule has 1 aliphatic rings. The van der Waals surface area contributed by atoms with Crippen LogP contribution in [-0.2, 0) is 0 Å². The van der Waals surface area contributed by atoms with Crippen LogP contribution in [0, 0.1) is 5.82 Å². The van der Waals surface area contributed by atoms with E-state index in [2.05, 4.69) is 17.1 Å². The standard InChI is InChI=1S/C13H18ClFN2.2ClH/c1-2-13(17-7-5-16-6-8-17)11-4-3-10(14)9-12(11)15;;/h3-4,9,13,16H,2,5-8H2,1H3;2*1H/t13-;;/m0../s1. The van der Waals surface area contributed by atoms with Gasteiger partial charge in [-0.25, -0.2) is 4.39 Å². The van der Waals surface area contributed by atoms with E-state index in [9.17, 15) is 4.39 Å². The highest BCUT2D eigenvalue weighted by molar-refractivity contribution is 6.30. The summed E-state index contributed by atoms with van der Waals surface area (Å²) in [6.07, 6.45) is 0.915. The second-order valence-corrected chi connectivity index (χ2v) is 4.81. The van der Waals surface area contributed by atoms with Gasteiger partial charge in [-0.1, -0.05) is 24.6 Å². The summed E-state index contributed by atoms with van der Waals surface area (Å²) in [6.45, 7) is 6.00. The molecule has 6 heteroatoms. The molecule has 0 spiro atoms. The first-order valence-electron chi connectivity index (χ1n) is 6.12. The van der Waals surface area contributed by atoms with E-state index in [0.29, 0.717) is 5.02 Å². The first-order valence-corrected chi connectivity index (χ1v) is 6.50. The average Bonchev–Trinajstić information content (AvgIpc) is 2.34. The summed E-state index contributed by atoms with van der Waals surface area (Å²) in [5, 5.41) is 3.77. The fourth-order valence-electron chi connectivity index (χ4n) is 2.44. The van der Waals surface area contributed by atoms with Gasteiger partial charge in [-0.3, -0.25) is 4.90 Å². The molecule has 0 saturated carbocycles. The molecule has 1 aromatic carbocycles. The minimum atomic E-state index is -0.192. The third-order valence-corrected chi connectivity index (χ3v) is 3.54. The predicted molar refractivity (Wildman–Crippen MR) is 83.4 cm³/mol. The van der Waals surface area contributed by atoms with Crippen LogP contribution < -0.4 is 5.32 Å². The molecule has 110 valence electrons. The van der Waals surface area contributed by atoms with Crippen molar-refractivity contribution < 1.29 is 4.39 Å². The van der Waals surface area contributed by atoms with Crippen LogP contribution >= 0.6 is 36.4 Å². The van der Waals surface area contributed by atoms with E-state index < -0.39 is 0 Å². The third kappa shape index (κ3) is 4.76. The predicted octanol–water partition coefficient (Wildman–Crippen LogP) is 3.68. The van der Waals surface area contributed by atoms with Crippen LogP contribution in [-0.4, -0.2) is 31.1 Å². The van der Waals surface area contributed by atoms with Crippen LogP contribution in [0.3, 0.4) is 0 Å². The first kappa shape index (κ1) is 18.9. The maximum absolute atomic E-state index is 13.9. The van der Waals surface area contributed by atoms with Gasteiger partial charge in [0.2, 0.25) is 0 Å². The Morgan fingerprint density at radius 3 is 2.47 bits per heavy atom. The van der Waals surface area contributed by atoms with Crippen molar-refractivity contribution in [2.45, 2.75) is 19.4 Å². The molecular weight excluding hydrogens is 310 g/mol. The molecule has 0 radical (unpaired) electrons. The SMILES string of the molecule is CC[C@@H](c1ccc(Cl)cc1F)N1CCNCC1.Cl.Cl. The summed E-state index contributed by atoms with van der Waals surface area (Å²) >= 11 is 5.79. The molecule has 1 aliphatic heterocycles. The highest BCUT2D eigenvalue weighted by atomic mass is 35.5. The smallest absolute Gasteiger partial charge is 0.129 e. The Hall–Kier alpha value is -0.0600. The van der Waals surface area contributed by atoms with Crippen molar-refractivity contribution >= 4 is 36.4 Å². The lowest BCUT2D eigenvalue weighted by molar-refractivity contribution is 0.166. The molecular formula is C13H20Cl3FN2. The highest BCUT2D eigenvalue weighted by Gasteiger charge is 2.22. The van der Waals surface area contributed by atoms with Gasteiger partial charge in [-0.15, -0.1) is 24.8 Å². The second kappa shape index (κ2) is 8.98. The van der Waals surface area contributed by atoms with Gasteiger partial charge in [0.15, 0.2) is 0 Å². The number of halogens is 4. The van der Waals surface area contributed by atoms with Gasteiger partial charge in [0.05, 0.1) is 0 Å². The second-order valence-electron chi connectivity index (χ2n) is 4.38. The topological polar surface area (TPSA) is 15.3 Å². The minimum absolute atomic E-state index is 0. The van der Waals surface area contributed by atoms with Gasteiger partial charge in [-0.05, 0) is 18.6 Å². The average molecular weight is 330 g/mol. The Labute approximate surface area is 131 Å². The lowest BCUT2D eigenvalue weighted by atomic mass is 10.0. The quantitative estimate of drug-likeness (QED) is 0.910. The van der Waals surface area contributed by atoms with Gasteiger partial charge < -0.3 is 5.32 Å². The van der Waals surface area contributed by atoms with E-state index in [-0.39, 0.29) is 36.7 Å². The summed E-state index contributed by atoms with van der Waals surface area (Å²) in [4.78, 5) is 2.34. The van der Waals surface area contributed by atoms with Crippen LogP contribution in [0.1, 0.15) is 24.9 Å². The normalized spacial score (nSPS) is 17.2. The van der Waals surface area contributed by atoms with E-state index >= 15 is 0 Å². The molecule has 1 N–H and O–H groups in total. The Bertz CT molecular complexity index is 384. The van der Waals surface area contributed by atoms with Gasteiger partial charge in [-0.2, -0.15) is 0 Å². The largest absolute Gasteiger partial charge is 0.314 e. The van der Waals surface area contributed by atoms with E-state index in [0.717, 1.165) is 38.2 Å². The monoisotopic (exact) mass is 328 g/mol. The number of nitrogens with one attached hydrogen (secondary N) is 1. The highest BCUT2D eigenvalue weighted by Crippen LogP contribution is 2.28. The summed E-state index contributed by atoms with van der Waals surface area (Å²) in [7, 11) is 0. The number of rotatable bonds is 3. The van der Waals surface area contributed by atoms with Crippen LogP contribution in [0.4, 0.5) is 4.39 Å². The zero-order chi connectivity index (χ0) is 12.3. The fraction of sp³-hybridized carbons (Fsp3) is 0.538. The molecule has 0 aromatic heterocycles. The molecule has 2 nitrogen and oxygen atoms in total. The molecule has 1 heterocycles. The van der Waals surface area contributed by atoms with Gasteiger partial charge in [0.1, 0.15) is 5.82 Å². The van der Waals surface area contributed by atoms with Crippen molar-refractivity contribution in [3.63, 3.8) is 0 Å². The van der Waals surface area contributed by atoms with E-state index in [1.54, 1.807) is 6.07 Å². The summed E-state index contributed by atoms with van der Waals surface area (Å²) in [6, 6.07) is 5.15. The van der Waals surface area contributed by atoms with E-state index in [4.69, 9.17) is 11.6 Å². The molecule has 19 heavy (non-hydrogen) atoms. The number of piperazine rings is 1. The van der Waals surface area contributed by atoms with Crippen molar-refractivity contribution in [2.75, 3.05) is 26.2 Å². The van der Waals surface area contributed by atoms with Crippen LogP contribution in [0.15, 0.2) is 18.2 Å². The van der Waals surface area contributed by atoms with Crippen molar-refractivity contribution in [3.05, 3.63) is 34.6 Å². The Morgan fingerprint density at radius 1 is 1.32 bits per heavy atom. The van der Waals surface area contributed by atoms with Crippen molar-refractivity contribution in [1.29, 1.82) is 0 Å². The third-order valence-electron chi connectivity index (χ3n) is 3.30. The molecule has 2 rings (SSSR count). The lowest BCUT2D eigenvalue weighted by Crippen LogP contribution is -2.45. The molecule has 1 saturated heterocycles. The number of hydrogen-bond donors (Lipinski definition) is 1.